The molecule has 180 valence electrons. The van der Waals surface area contributed by atoms with Crippen molar-refractivity contribution in [3.63, 3.8) is 0 Å². The fourth-order valence-corrected chi connectivity index (χ4v) is 4.22. The van der Waals surface area contributed by atoms with E-state index in [1.165, 1.54) is 24.3 Å². The molecule has 1 saturated carbocycles. The third-order valence-corrected chi connectivity index (χ3v) is 6.27. The van der Waals surface area contributed by atoms with Crippen LogP contribution in [0, 0.1) is 5.92 Å². The maximum absolute atomic E-state index is 12.8. The lowest BCUT2D eigenvalue weighted by Gasteiger charge is -2.33. The second-order valence-electron chi connectivity index (χ2n) is 8.76. The summed E-state index contributed by atoms with van der Waals surface area (Å²) in [5.74, 6) is -2.27. The van der Waals surface area contributed by atoms with Crippen molar-refractivity contribution in [1.82, 2.24) is 21.2 Å². The molecule has 3 fully saturated rings. The topological polar surface area (TPSA) is 154 Å². The third-order valence-electron chi connectivity index (χ3n) is 6.27. The van der Waals surface area contributed by atoms with Gasteiger partial charge in [-0.3, -0.25) is 30.0 Å². The number of ether oxygens (including phenoxy) is 1. The number of nitrogens with one attached hydrogen (secondary N) is 3. The van der Waals surface area contributed by atoms with E-state index < -0.39 is 36.0 Å². The van der Waals surface area contributed by atoms with Gasteiger partial charge in [0.15, 0.2) is 6.61 Å². The van der Waals surface area contributed by atoms with Gasteiger partial charge in [-0.05, 0) is 55.9 Å². The molecule has 3 N–H and O–H groups in total. The number of hydrazine groups is 2. The number of urea groups is 1. The van der Waals surface area contributed by atoms with Crippen molar-refractivity contribution >= 4 is 41.3 Å². The molecule has 3 aliphatic rings. The predicted molar refractivity (Wildman–Crippen MR) is 115 cm³/mol. The molecule has 1 spiro atoms. The van der Waals surface area contributed by atoms with Gasteiger partial charge < -0.3 is 10.1 Å². The molecule has 0 unspecified atom stereocenters. The fourth-order valence-electron chi connectivity index (χ4n) is 4.22. The molecule has 0 bridgehead atoms. The van der Waals surface area contributed by atoms with Crippen molar-refractivity contribution in [1.29, 1.82) is 0 Å². The maximum Gasteiger partial charge on any atom is 0.344 e. The SMILES string of the molecule is CC1CCC2(CC1)NC(=O)N(NC(=O)COC(=O)c1ccc(N3NC(=O)CCC3=O)cc1)C2=O. The van der Waals surface area contributed by atoms with Crippen molar-refractivity contribution in [3.05, 3.63) is 29.8 Å². The Morgan fingerprint density at radius 1 is 1.09 bits per heavy atom. The van der Waals surface area contributed by atoms with Crippen LogP contribution in [0.4, 0.5) is 10.5 Å². The molecule has 12 heteroatoms. The number of hydrogen-bond acceptors (Lipinski definition) is 7. The molecule has 12 nitrogen and oxygen atoms in total. The van der Waals surface area contributed by atoms with E-state index in [-0.39, 0.29) is 30.2 Å². The molecule has 34 heavy (non-hydrogen) atoms. The molecule has 0 aromatic heterocycles. The van der Waals surface area contributed by atoms with E-state index in [2.05, 4.69) is 23.1 Å². The van der Waals surface area contributed by atoms with Gasteiger partial charge in [-0.1, -0.05) is 6.92 Å². The van der Waals surface area contributed by atoms with E-state index in [0.29, 0.717) is 29.5 Å². The Hall–Kier alpha value is -3.96. The Balaban J connectivity index is 1.30. The minimum absolute atomic E-state index is 0.0858. The highest BCUT2D eigenvalue weighted by atomic mass is 16.5. The van der Waals surface area contributed by atoms with Gasteiger partial charge in [-0.25, -0.2) is 14.6 Å². The maximum atomic E-state index is 12.8. The van der Waals surface area contributed by atoms with Gasteiger partial charge in [0.1, 0.15) is 5.54 Å². The van der Waals surface area contributed by atoms with Crippen LogP contribution in [0.25, 0.3) is 0 Å². The highest BCUT2D eigenvalue weighted by molar-refractivity contribution is 6.08. The first-order chi connectivity index (χ1) is 16.2. The Kier molecular flexibility index (Phi) is 6.22. The molecule has 0 radical (unpaired) electrons. The van der Waals surface area contributed by atoms with Gasteiger partial charge in [-0.2, -0.15) is 5.01 Å². The summed E-state index contributed by atoms with van der Waals surface area (Å²) in [6.45, 7) is 1.38. The van der Waals surface area contributed by atoms with Crippen LogP contribution in [0.1, 0.15) is 55.8 Å². The van der Waals surface area contributed by atoms with Gasteiger partial charge in [0.05, 0.1) is 11.3 Å². The Labute approximate surface area is 194 Å². The van der Waals surface area contributed by atoms with Crippen LogP contribution in [0.5, 0.6) is 0 Å². The first kappa shape index (κ1) is 23.2. The largest absolute Gasteiger partial charge is 0.452 e. The molecular formula is C22H25N5O7. The highest BCUT2D eigenvalue weighted by Crippen LogP contribution is 2.35. The van der Waals surface area contributed by atoms with Crippen molar-refractivity contribution < 1.29 is 33.5 Å². The highest BCUT2D eigenvalue weighted by Gasteiger charge is 2.52. The standard InChI is InChI=1S/C22H25N5O7/c1-13-8-10-22(11-9-13)20(32)27(21(33)23-22)25-17(29)12-34-19(31)14-2-4-15(5-3-14)26-18(30)7-6-16(28)24-26/h2-5,13H,6-12H2,1H3,(H,23,33)(H,24,28)(H,25,29). The Bertz CT molecular complexity index is 1050. The smallest absolute Gasteiger partial charge is 0.344 e. The van der Waals surface area contributed by atoms with Crippen LogP contribution in [0.15, 0.2) is 24.3 Å². The minimum atomic E-state index is -0.996. The number of carbonyl (C=O) groups excluding carboxylic acids is 6. The number of imide groups is 1. The average molecular weight is 471 g/mol. The van der Waals surface area contributed by atoms with Gasteiger partial charge in [0, 0.05) is 12.8 Å². The molecular weight excluding hydrogens is 446 g/mol. The monoisotopic (exact) mass is 471 g/mol. The Morgan fingerprint density at radius 2 is 1.76 bits per heavy atom. The summed E-state index contributed by atoms with van der Waals surface area (Å²) in [6, 6.07) is 4.97. The zero-order valence-corrected chi connectivity index (χ0v) is 18.6. The van der Waals surface area contributed by atoms with E-state index in [1.54, 1.807) is 0 Å². The number of carbonyl (C=O) groups is 6. The van der Waals surface area contributed by atoms with Crippen LogP contribution in [-0.4, -0.2) is 52.8 Å². The lowest BCUT2D eigenvalue weighted by Crippen LogP contribution is -2.52. The molecule has 1 aromatic rings. The summed E-state index contributed by atoms with van der Waals surface area (Å²) in [5, 5.41) is 4.43. The normalized spacial score (nSPS) is 24.7. The zero-order valence-electron chi connectivity index (χ0n) is 18.6. The van der Waals surface area contributed by atoms with Crippen molar-refractivity contribution in [3.8, 4) is 0 Å². The molecule has 1 aliphatic carbocycles. The van der Waals surface area contributed by atoms with Crippen molar-refractivity contribution in [2.45, 2.75) is 51.0 Å². The lowest BCUT2D eigenvalue weighted by atomic mass is 9.77. The summed E-state index contributed by atoms with van der Waals surface area (Å²) in [5.41, 5.74) is 4.13. The minimum Gasteiger partial charge on any atom is -0.452 e. The molecule has 4 rings (SSSR count). The van der Waals surface area contributed by atoms with Crippen molar-refractivity contribution in [2.24, 2.45) is 5.92 Å². The van der Waals surface area contributed by atoms with E-state index in [1.807, 2.05) is 0 Å². The summed E-state index contributed by atoms with van der Waals surface area (Å²) in [4.78, 5) is 73.0. The fraction of sp³-hybridized carbons (Fsp3) is 0.455. The van der Waals surface area contributed by atoms with Crippen LogP contribution in [-0.2, 0) is 23.9 Å². The molecule has 6 amide bonds. The number of anilines is 1. The van der Waals surface area contributed by atoms with Crippen molar-refractivity contribution in [2.75, 3.05) is 11.6 Å². The van der Waals surface area contributed by atoms with Crippen LogP contribution < -0.4 is 21.2 Å². The zero-order chi connectivity index (χ0) is 24.5. The average Bonchev–Trinajstić information content (AvgIpc) is 3.05. The summed E-state index contributed by atoms with van der Waals surface area (Å²) >= 11 is 0. The number of amides is 6. The lowest BCUT2D eigenvalue weighted by molar-refractivity contribution is -0.141. The van der Waals surface area contributed by atoms with E-state index >= 15 is 0 Å². The summed E-state index contributed by atoms with van der Waals surface area (Å²) < 4.78 is 4.97. The Morgan fingerprint density at radius 3 is 2.44 bits per heavy atom. The quantitative estimate of drug-likeness (QED) is 0.418. The second kappa shape index (κ2) is 9.12. The number of esters is 1. The first-order valence-electron chi connectivity index (χ1n) is 11.0. The van der Waals surface area contributed by atoms with Gasteiger partial charge in [0.2, 0.25) is 11.8 Å². The van der Waals surface area contributed by atoms with Crippen LogP contribution in [0.3, 0.4) is 0 Å². The van der Waals surface area contributed by atoms with E-state index in [9.17, 15) is 28.8 Å². The summed E-state index contributed by atoms with van der Waals surface area (Å²) in [6.07, 6.45) is 2.80. The van der Waals surface area contributed by atoms with Crippen LogP contribution >= 0.6 is 0 Å². The van der Waals surface area contributed by atoms with Crippen LogP contribution in [0.2, 0.25) is 0 Å². The molecule has 0 atom stereocenters. The van der Waals surface area contributed by atoms with Gasteiger partial charge in [-0.15, -0.1) is 0 Å². The number of benzene rings is 1. The van der Waals surface area contributed by atoms with E-state index in [0.717, 1.165) is 17.9 Å². The van der Waals surface area contributed by atoms with Gasteiger partial charge in [0.25, 0.3) is 11.8 Å². The molecule has 2 saturated heterocycles. The number of rotatable bonds is 5. The van der Waals surface area contributed by atoms with Gasteiger partial charge >= 0.3 is 12.0 Å². The number of nitrogens with zero attached hydrogens (tertiary/aromatic N) is 2. The second-order valence-corrected chi connectivity index (χ2v) is 8.76. The third kappa shape index (κ3) is 4.56. The molecule has 1 aromatic carbocycles. The first-order valence-corrected chi connectivity index (χ1v) is 11.0. The molecule has 2 heterocycles. The summed E-state index contributed by atoms with van der Waals surface area (Å²) in [7, 11) is 0. The molecule has 2 aliphatic heterocycles. The van der Waals surface area contributed by atoms with E-state index in [4.69, 9.17) is 4.74 Å². The number of hydrogen-bond donors (Lipinski definition) is 3. The predicted octanol–water partition coefficient (Wildman–Crippen LogP) is 0.533.